The van der Waals surface area contributed by atoms with Gasteiger partial charge in [-0.05, 0) is 106 Å². The molecule has 53 heavy (non-hydrogen) atoms. The molecule has 0 aliphatic rings. The summed E-state index contributed by atoms with van der Waals surface area (Å²) in [5, 5.41) is 6.21. The number of hydrogen-bond acceptors (Lipinski definition) is 3. The van der Waals surface area contributed by atoms with Gasteiger partial charge in [-0.25, -0.2) is 0 Å². The van der Waals surface area contributed by atoms with Crippen LogP contribution in [-0.2, 0) is 5.41 Å². The second-order valence-electron chi connectivity index (χ2n) is 13.8. The Kier molecular flexibility index (Phi) is 9.38. The lowest BCUT2D eigenvalue weighted by atomic mass is 9.76. The van der Waals surface area contributed by atoms with Gasteiger partial charge in [0.05, 0.1) is 5.69 Å². The Morgan fingerprint density at radius 2 is 1.17 bits per heavy atom. The van der Waals surface area contributed by atoms with E-state index in [4.69, 9.17) is 0 Å². The molecule has 0 saturated heterocycles. The van der Waals surface area contributed by atoms with E-state index in [0.29, 0.717) is 0 Å². The van der Waals surface area contributed by atoms with E-state index in [1.165, 1.54) is 21.9 Å². The average Bonchev–Trinajstić information content (AvgIpc) is 3.22. The van der Waals surface area contributed by atoms with Crippen molar-refractivity contribution >= 4 is 51.4 Å². The van der Waals surface area contributed by atoms with Gasteiger partial charge in [-0.2, -0.15) is 0 Å². The molecule has 0 amide bonds. The zero-order chi connectivity index (χ0) is 36.0. The molecule has 0 atom stereocenters. The van der Waals surface area contributed by atoms with Crippen LogP contribution in [0.2, 0.25) is 0 Å². The maximum Gasteiger partial charge on any atom is 0.0702 e. The number of aromatic nitrogens is 1. The molecule has 0 fully saturated rings. The molecule has 3 heteroatoms. The maximum absolute atomic E-state index is 4.56. The number of benzene rings is 7. The van der Waals surface area contributed by atoms with E-state index in [2.05, 4.69) is 211 Å². The predicted octanol–water partition coefficient (Wildman–Crippen LogP) is 13.6. The summed E-state index contributed by atoms with van der Waals surface area (Å²) in [7, 11) is 0. The van der Waals surface area contributed by atoms with Gasteiger partial charge < -0.3 is 10.2 Å². The van der Waals surface area contributed by atoms with Gasteiger partial charge in [-0.1, -0.05) is 141 Å². The standard InChI is InChI=1S/C50H41N3/c1-50(2,42-17-5-3-6-18-42)47-34-38(27-32-49(47)52-43-19-13-16-41(35-43)48-22-11-12-33-51-48)24-23-37-25-29-45(30-26-37)53(44-20-7-4-8-21-44)46-31-28-39-14-9-10-15-40(39)36-46/h3-36,52H,1-2H3/b24-23+. The summed E-state index contributed by atoms with van der Waals surface area (Å²) in [6, 6.07) is 66.5. The lowest BCUT2D eigenvalue weighted by molar-refractivity contribution is 0.643. The van der Waals surface area contributed by atoms with E-state index in [0.717, 1.165) is 50.8 Å². The fourth-order valence-corrected chi connectivity index (χ4v) is 7.01. The smallest absolute Gasteiger partial charge is 0.0702 e. The largest absolute Gasteiger partial charge is 0.355 e. The lowest BCUT2D eigenvalue weighted by Gasteiger charge is -2.29. The van der Waals surface area contributed by atoms with Crippen molar-refractivity contribution in [1.29, 1.82) is 0 Å². The summed E-state index contributed by atoms with van der Waals surface area (Å²) < 4.78 is 0. The van der Waals surface area contributed by atoms with E-state index in [9.17, 15) is 0 Å². The Bertz CT molecular complexity index is 2490. The van der Waals surface area contributed by atoms with Gasteiger partial charge in [0.25, 0.3) is 0 Å². The monoisotopic (exact) mass is 683 g/mol. The van der Waals surface area contributed by atoms with E-state index in [-0.39, 0.29) is 5.41 Å². The summed E-state index contributed by atoms with van der Waals surface area (Å²) >= 11 is 0. The Balaban J connectivity index is 1.10. The molecule has 256 valence electrons. The van der Waals surface area contributed by atoms with Crippen molar-refractivity contribution in [2.75, 3.05) is 10.2 Å². The van der Waals surface area contributed by atoms with E-state index in [1.54, 1.807) is 0 Å². The molecular weight excluding hydrogens is 643 g/mol. The van der Waals surface area contributed by atoms with Gasteiger partial charge >= 0.3 is 0 Å². The molecule has 0 saturated carbocycles. The van der Waals surface area contributed by atoms with E-state index in [1.807, 2.05) is 24.4 Å². The van der Waals surface area contributed by atoms with Crippen LogP contribution in [0.3, 0.4) is 0 Å². The predicted molar refractivity (Wildman–Crippen MR) is 226 cm³/mol. The summed E-state index contributed by atoms with van der Waals surface area (Å²) in [5.41, 5.74) is 12.0. The Labute approximate surface area is 312 Å². The summed E-state index contributed by atoms with van der Waals surface area (Å²) in [4.78, 5) is 6.88. The number of pyridine rings is 1. The molecule has 1 heterocycles. The van der Waals surface area contributed by atoms with Gasteiger partial charge in [0, 0.05) is 45.6 Å². The Hall–Kier alpha value is -6.71. The van der Waals surface area contributed by atoms with E-state index < -0.39 is 0 Å². The first kappa shape index (κ1) is 33.4. The van der Waals surface area contributed by atoms with Gasteiger partial charge in [0.15, 0.2) is 0 Å². The third kappa shape index (κ3) is 7.37. The first-order valence-corrected chi connectivity index (χ1v) is 18.1. The zero-order valence-corrected chi connectivity index (χ0v) is 30.0. The molecule has 7 aromatic carbocycles. The van der Waals surface area contributed by atoms with Crippen LogP contribution in [-0.4, -0.2) is 4.98 Å². The minimum absolute atomic E-state index is 0.253. The molecule has 0 aliphatic heterocycles. The molecule has 1 aromatic heterocycles. The number of rotatable bonds is 10. The molecule has 8 rings (SSSR count). The highest BCUT2D eigenvalue weighted by Crippen LogP contribution is 2.39. The van der Waals surface area contributed by atoms with Gasteiger partial charge in [-0.15, -0.1) is 0 Å². The second-order valence-corrected chi connectivity index (χ2v) is 13.8. The SMILES string of the molecule is CC(C)(c1ccccc1)c1cc(/C=C/c2ccc(N(c3ccccc3)c3ccc4ccccc4c3)cc2)ccc1Nc1cccc(-c2ccccn2)c1. The van der Waals surface area contributed by atoms with Gasteiger partial charge in [-0.3, -0.25) is 4.98 Å². The lowest BCUT2D eigenvalue weighted by Crippen LogP contribution is -2.20. The highest BCUT2D eigenvalue weighted by molar-refractivity contribution is 5.89. The summed E-state index contributed by atoms with van der Waals surface area (Å²) in [5.74, 6) is 0. The Morgan fingerprint density at radius 1 is 0.509 bits per heavy atom. The zero-order valence-electron chi connectivity index (χ0n) is 30.0. The number of nitrogens with zero attached hydrogens (tertiary/aromatic N) is 2. The molecule has 0 bridgehead atoms. The number of nitrogens with one attached hydrogen (secondary N) is 1. The van der Waals surface area contributed by atoms with Crippen molar-refractivity contribution < 1.29 is 0 Å². The first-order valence-electron chi connectivity index (χ1n) is 18.1. The van der Waals surface area contributed by atoms with Crippen LogP contribution < -0.4 is 10.2 Å². The van der Waals surface area contributed by atoms with Gasteiger partial charge in [0.1, 0.15) is 0 Å². The number of anilines is 5. The molecular formula is C50H41N3. The third-order valence-corrected chi connectivity index (χ3v) is 9.94. The molecule has 0 radical (unpaired) electrons. The fraction of sp³-hybridized carbons (Fsp3) is 0.0600. The minimum atomic E-state index is -0.253. The summed E-state index contributed by atoms with van der Waals surface area (Å²) in [6.07, 6.45) is 6.25. The van der Waals surface area contributed by atoms with Crippen LogP contribution in [0.4, 0.5) is 28.4 Å². The highest BCUT2D eigenvalue weighted by Gasteiger charge is 2.26. The minimum Gasteiger partial charge on any atom is -0.355 e. The van der Waals surface area contributed by atoms with Crippen LogP contribution in [0.15, 0.2) is 194 Å². The van der Waals surface area contributed by atoms with Crippen molar-refractivity contribution in [3.05, 3.63) is 217 Å². The molecule has 0 aliphatic carbocycles. The van der Waals surface area contributed by atoms with Crippen molar-refractivity contribution in [2.45, 2.75) is 19.3 Å². The fourth-order valence-electron chi connectivity index (χ4n) is 7.01. The van der Waals surface area contributed by atoms with Crippen LogP contribution >= 0.6 is 0 Å². The van der Waals surface area contributed by atoms with Crippen LogP contribution in [0.1, 0.15) is 36.1 Å². The second kappa shape index (κ2) is 14.9. The maximum atomic E-state index is 4.56. The molecule has 1 N–H and O–H groups in total. The van der Waals surface area contributed by atoms with Crippen molar-refractivity contribution in [3.63, 3.8) is 0 Å². The molecule has 0 spiro atoms. The summed E-state index contributed by atoms with van der Waals surface area (Å²) in [6.45, 7) is 4.60. The Morgan fingerprint density at radius 3 is 1.94 bits per heavy atom. The van der Waals surface area contributed by atoms with Crippen LogP contribution in [0, 0.1) is 0 Å². The highest BCUT2D eigenvalue weighted by atomic mass is 15.1. The number of para-hydroxylation sites is 1. The van der Waals surface area contributed by atoms with Crippen molar-refractivity contribution in [3.8, 4) is 11.3 Å². The number of fused-ring (bicyclic) bond motifs is 1. The molecule has 8 aromatic rings. The van der Waals surface area contributed by atoms with E-state index >= 15 is 0 Å². The number of hydrogen-bond donors (Lipinski definition) is 1. The molecule has 3 nitrogen and oxygen atoms in total. The van der Waals surface area contributed by atoms with Crippen LogP contribution in [0.25, 0.3) is 34.2 Å². The third-order valence-electron chi connectivity index (χ3n) is 9.94. The molecule has 0 unspecified atom stereocenters. The average molecular weight is 684 g/mol. The quantitative estimate of drug-likeness (QED) is 0.145. The van der Waals surface area contributed by atoms with Crippen LogP contribution in [0.5, 0.6) is 0 Å². The normalized spacial score (nSPS) is 11.5. The topological polar surface area (TPSA) is 28.2 Å². The first-order chi connectivity index (χ1) is 26.0. The van der Waals surface area contributed by atoms with Crippen molar-refractivity contribution in [1.82, 2.24) is 4.98 Å². The van der Waals surface area contributed by atoms with Gasteiger partial charge in [0.2, 0.25) is 0 Å². The van der Waals surface area contributed by atoms with Crippen molar-refractivity contribution in [2.24, 2.45) is 0 Å².